The van der Waals surface area contributed by atoms with Crippen LogP contribution in [0, 0.1) is 11.8 Å². The molecule has 1 aliphatic rings. The van der Waals surface area contributed by atoms with E-state index in [1.54, 1.807) is 0 Å². The van der Waals surface area contributed by atoms with E-state index in [9.17, 15) is 4.79 Å². The Bertz CT molecular complexity index is 527. The van der Waals surface area contributed by atoms with Gasteiger partial charge in [0, 0.05) is 24.7 Å². The van der Waals surface area contributed by atoms with E-state index < -0.39 is 0 Å². The summed E-state index contributed by atoms with van der Waals surface area (Å²) in [5, 5.41) is 10.6. The second kappa shape index (κ2) is 6.89. The molecule has 0 bridgehead atoms. The van der Waals surface area contributed by atoms with Gasteiger partial charge in [-0.15, -0.1) is 11.3 Å². The van der Waals surface area contributed by atoms with Gasteiger partial charge < -0.3 is 14.9 Å². The van der Waals surface area contributed by atoms with Crippen LogP contribution in [-0.4, -0.2) is 60.6 Å². The zero-order valence-electron chi connectivity index (χ0n) is 11.9. The number of aliphatic hydroxyl groups is 1. The number of hydrogen-bond acceptors (Lipinski definition) is 4. The highest BCUT2D eigenvalue weighted by atomic mass is 32.1. The molecule has 0 radical (unpaired) electrons. The van der Waals surface area contributed by atoms with E-state index in [1.165, 1.54) is 11.3 Å². The number of amides is 1. The van der Waals surface area contributed by atoms with Crippen molar-refractivity contribution in [3.63, 3.8) is 0 Å². The van der Waals surface area contributed by atoms with Gasteiger partial charge >= 0.3 is 0 Å². The molecule has 108 valence electrons. The van der Waals surface area contributed by atoms with Gasteiger partial charge in [0.2, 0.25) is 0 Å². The second-order valence-electron chi connectivity index (χ2n) is 5.13. The lowest BCUT2D eigenvalue weighted by atomic mass is 10.0. The third kappa shape index (κ3) is 3.40. The number of hydrogen-bond donors (Lipinski definition) is 1. The van der Waals surface area contributed by atoms with E-state index in [4.69, 9.17) is 5.11 Å². The van der Waals surface area contributed by atoms with Crippen LogP contribution >= 0.6 is 11.3 Å². The Morgan fingerprint density at radius 2 is 2.40 bits per heavy atom. The first-order valence-electron chi connectivity index (χ1n) is 6.76. The van der Waals surface area contributed by atoms with Crippen LogP contribution in [0.5, 0.6) is 0 Å². The molecule has 0 saturated carbocycles. The molecular weight excluding hydrogens is 272 g/mol. The first-order valence-corrected chi connectivity index (χ1v) is 7.64. The van der Waals surface area contributed by atoms with Crippen LogP contribution in [0.2, 0.25) is 0 Å². The summed E-state index contributed by atoms with van der Waals surface area (Å²) in [7, 11) is 4.11. The number of likely N-dealkylation sites (tertiary alicyclic amines) is 1. The Labute approximate surface area is 124 Å². The maximum atomic E-state index is 12.6. The fourth-order valence-corrected chi connectivity index (χ4v) is 3.23. The normalized spacial score (nSPS) is 18.8. The molecular formula is C15H20N2O2S. The summed E-state index contributed by atoms with van der Waals surface area (Å²) in [6.07, 6.45) is 2.18. The fraction of sp³-hybridized carbons (Fsp3) is 0.533. The monoisotopic (exact) mass is 292 g/mol. The molecule has 0 aromatic carbocycles. The van der Waals surface area contributed by atoms with Gasteiger partial charge in [0.1, 0.15) is 11.5 Å². The van der Waals surface area contributed by atoms with Crippen molar-refractivity contribution in [3.05, 3.63) is 21.9 Å². The molecule has 2 rings (SSSR count). The van der Waals surface area contributed by atoms with E-state index in [-0.39, 0.29) is 12.5 Å². The Balaban J connectivity index is 2.13. The van der Waals surface area contributed by atoms with E-state index in [2.05, 4.69) is 30.8 Å². The average Bonchev–Trinajstić information content (AvgIpc) is 2.92. The molecule has 1 aromatic rings. The van der Waals surface area contributed by atoms with Crippen molar-refractivity contribution in [1.29, 1.82) is 0 Å². The highest BCUT2D eigenvalue weighted by Gasteiger charge is 2.27. The molecule has 20 heavy (non-hydrogen) atoms. The predicted octanol–water partition coefficient (Wildman–Crippen LogP) is 1.26. The summed E-state index contributed by atoms with van der Waals surface area (Å²) in [6, 6.07) is 2.27. The maximum Gasteiger partial charge on any atom is 0.265 e. The maximum absolute atomic E-state index is 12.6. The molecule has 1 unspecified atom stereocenters. The minimum atomic E-state index is -0.185. The van der Waals surface area contributed by atoms with Crippen LogP contribution in [0.15, 0.2) is 11.4 Å². The van der Waals surface area contributed by atoms with Gasteiger partial charge in [0.05, 0.1) is 0 Å². The van der Waals surface area contributed by atoms with Crippen molar-refractivity contribution in [2.45, 2.75) is 18.9 Å². The molecule has 1 aromatic heterocycles. The van der Waals surface area contributed by atoms with Crippen LogP contribution in [-0.2, 0) is 0 Å². The number of likely N-dealkylation sites (N-methyl/N-ethyl adjacent to an activating group) is 1. The molecule has 1 saturated heterocycles. The van der Waals surface area contributed by atoms with E-state index in [0.29, 0.717) is 10.9 Å². The third-order valence-electron chi connectivity index (χ3n) is 3.58. The average molecular weight is 292 g/mol. The molecule has 0 aliphatic carbocycles. The summed E-state index contributed by atoms with van der Waals surface area (Å²) in [4.78, 5) is 17.4. The van der Waals surface area contributed by atoms with Crippen LogP contribution in [0.3, 0.4) is 0 Å². The number of nitrogens with zero attached hydrogens (tertiary/aromatic N) is 2. The number of carbonyl (C=O) groups is 1. The van der Waals surface area contributed by atoms with Crippen LogP contribution < -0.4 is 0 Å². The molecule has 1 N–H and O–H groups in total. The largest absolute Gasteiger partial charge is 0.384 e. The highest BCUT2D eigenvalue weighted by Crippen LogP contribution is 2.21. The quantitative estimate of drug-likeness (QED) is 0.835. The molecule has 1 atom stereocenters. The highest BCUT2D eigenvalue weighted by molar-refractivity contribution is 7.12. The van der Waals surface area contributed by atoms with Gasteiger partial charge in [-0.2, -0.15) is 0 Å². The summed E-state index contributed by atoms with van der Waals surface area (Å²) in [5.41, 5.74) is 0.723. The molecule has 2 heterocycles. The van der Waals surface area contributed by atoms with Gasteiger partial charge in [-0.05, 0) is 38.4 Å². The minimum absolute atomic E-state index is 0.0637. The summed E-state index contributed by atoms with van der Waals surface area (Å²) in [6.45, 7) is 1.40. The van der Waals surface area contributed by atoms with Crippen molar-refractivity contribution < 1.29 is 9.90 Å². The van der Waals surface area contributed by atoms with E-state index in [0.717, 1.165) is 31.5 Å². The Kier molecular flexibility index (Phi) is 5.18. The first kappa shape index (κ1) is 15.0. The third-order valence-corrected chi connectivity index (χ3v) is 4.48. The van der Waals surface area contributed by atoms with Crippen LogP contribution in [0.25, 0.3) is 0 Å². The van der Waals surface area contributed by atoms with Crippen molar-refractivity contribution in [1.82, 2.24) is 9.80 Å². The lowest BCUT2D eigenvalue weighted by Gasteiger charge is -2.36. The first-order chi connectivity index (χ1) is 9.63. The van der Waals surface area contributed by atoms with Crippen LogP contribution in [0.1, 0.15) is 28.1 Å². The summed E-state index contributed by atoms with van der Waals surface area (Å²) < 4.78 is 0. The lowest BCUT2D eigenvalue weighted by molar-refractivity contribution is 0.0639. The van der Waals surface area contributed by atoms with Gasteiger partial charge in [-0.25, -0.2) is 0 Å². The Hall–Kier alpha value is -1.35. The Morgan fingerprint density at radius 1 is 1.60 bits per heavy atom. The van der Waals surface area contributed by atoms with Crippen molar-refractivity contribution >= 4 is 17.2 Å². The van der Waals surface area contributed by atoms with Crippen molar-refractivity contribution in [3.8, 4) is 11.8 Å². The second-order valence-corrected chi connectivity index (χ2v) is 6.05. The predicted molar refractivity (Wildman–Crippen MR) is 80.9 cm³/mol. The molecule has 1 aliphatic heterocycles. The minimum Gasteiger partial charge on any atom is -0.384 e. The topological polar surface area (TPSA) is 43.8 Å². The van der Waals surface area contributed by atoms with E-state index in [1.807, 2.05) is 16.3 Å². The van der Waals surface area contributed by atoms with Crippen molar-refractivity contribution in [2.24, 2.45) is 0 Å². The standard InChI is InChI=1S/C15H20N2O2S/c1-16(2)13-6-3-8-17(11-13)15(19)14-12(5-4-9-18)7-10-20-14/h7,10,13,18H,3,6,8-9,11H2,1-2H3. The molecule has 0 spiro atoms. The number of rotatable bonds is 2. The molecule has 5 heteroatoms. The fourth-order valence-electron chi connectivity index (χ4n) is 2.41. The number of piperidine rings is 1. The lowest BCUT2D eigenvalue weighted by Crippen LogP contribution is -2.47. The van der Waals surface area contributed by atoms with Gasteiger partial charge in [0.25, 0.3) is 5.91 Å². The zero-order valence-corrected chi connectivity index (χ0v) is 12.7. The SMILES string of the molecule is CN(C)C1CCCN(C(=O)c2sccc2C#CCO)C1. The number of aliphatic hydroxyl groups excluding tert-OH is 1. The van der Waals surface area contributed by atoms with E-state index >= 15 is 0 Å². The number of thiophene rings is 1. The zero-order chi connectivity index (χ0) is 14.5. The molecule has 1 fully saturated rings. The van der Waals surface area contributed by atoms with Gasteiger partial charge in [-0.3, -0.25) is 4.79 Å². The molecule has 4 nitrogen and oxygen atoms in total. The summed E-state index contributed by atoms with van der Waals surface area (Å²) in [5.74, 6) is 5.52. The van der Waals surface area contributed by atoms with Gasteiger partial charge in [-0.1, -0.05) is 11.8 Å². The number of carbonyl (C=O) groups excluding carboxylic acids is 1. The van der Waals surface area contributed by atoms with Gasteiger partial charge in [0.15, 0.2) is 0 Å². The molecule has 1 amide bonds. The Morgan fingerprint density at radius 3 is 3.10 bits per heavy atom. The smallest absolute Gasteiger partial charge is 0.265 e. The summed E-state index contributed by atoms with van der Waals surface area (Å²) >= 11 is 1.42. The van der Waals surface area contributed by atoms with Crippen molar-refractivity contribution in [2.75, 3.05) is 33.8 Å². The van der Waals surface area contributed by atoms with Crippen LogP contribution in [0.4, 0.5) is 0 Å².